The smallest absolute Gasteiger partial charge is 0.229 e. The minimum atomic E-state index is -0.692. The Balaban J connectivity index is 2.85. The molecule has 0 amide bonds. The summed E-state index contributed by atoms with van der Waals surface area (Å²) < 4.78 is 10.3. The average molecular weight is 227 g/mol. The van der Waals surface area contributed by atoms with Crippen molar-refractivity contribution in [3.8, 4) is 0 Å². The van der Waals surface area contributed by atoms with Crippen molar-refractivity contribution in [2.75, 3.05) is 13.7 Å². The standard InChI is InChI=1S/C11H21N3O2/c1-5-8(6-2)9-13-10(14-16-9)11(3,12)7-15-4/h8H,5-7,12H2,1-4H3. The summed E-state index contributed by atoms with van der Waals surface area (Å²) in [5, 5.41) is 3.93. The summed E-state index contributed by atoms with van der Waals surface area (Å²) >= 11 is 0. The molecule has 0 aliphatic carbocycles. The van der Waals surface area contributed by atoms with Gasteiger partial charge in [0, 0.05) is 13.0 Å². The molecule has 0 bridgehead atoms. The third kappa shape index (κ3) is 2.80. The summed E-state index contributed by atoms with van der Waals surface area (Å²) in [4.78, 5) is 4.36. The number of rotatable bonds is 6. The van der Waals surface area contributed by atoms with Crippen molar-refractivity contribution < 1.29 is 9.26 Å². The molecule has 1 atom stereocenters. The van der Waals surface area contributed by atoms with Crippen LogP contribution in [0, 0.1) is 0 Å². The second kappa shape index (κ2) is 5.41. The van der Waals surface area contributed by atoms with Crippen LogP contribution in [0.4, 0.5) is 0 Å². The molecular formula is C11H21N3O2. The van der Waals surface area contributed by atoms with E-state index in [1.807, 2.05) is 6.92 Å². The fraction of sp³-hybridized carbons (Fsp3) is 0.818. The fourth-order valence-electron chi connectivity index (χ4n) is 1.64. The molecule has 0 saturated heterocycles. The van der Waals surface area contributed by atoms with Crippen LogP contribution in [-0.4, -0.2) is 23.9 Å². The third-order valence-corrected chi connectivity index (χ3v) is 2.73. The first-order valence-corrected chi connectivity index (χ1v) is 5.67. The van der Waals surface area contributed by atoms with Crippen LogP contribution in [0.5, 0.6) is 0 Å². The van der Waals surface area contributed by atoms with Crippen molar-refractivity contribution in [1.82, 2.24) is 10.1 Å². The Hall–Kier alpha value is -0.940. The van der Waals surface area contributed by atoms with E-state index in [2.05, 4.69) is 24.0 Å². The maximum atomic E-state index is 6.03. The summed E-state index contributed by atoms with van der Waals surface area (Å²) in [7, 11) is 1.60. The van der Waals surface area contributed by atoms with E-state index >= 15 is 0 Å². The van der Waals surface area contributed by atoms with Crippen molar-refractivity contribution >= 4 is 0 Å². The first kappa shape index (κ1) is 13.1. The van der Waals surface area contributed by atoms with Gasteiger partial charge in [-0.05, 0) is 19.8 Å². The molecule has 0 aliphatic heterocycles. The highest BCUT2D eigenvalue weighted by Crippen LogP contribution is 2.23. The summed E-state index contributed by atoms with van der Waals surface area (Å²) in [5.41, 5.74) is 5.34. The van der Waals surface area contributed by atoms with Gasteiger partial charge < -0.3 is 15.0 Å². The van der Waals surface area contributed by atoms with Gasteiger partial charge in [0.15, 0.2) is 5.82 Å². The quantitative estimate of drug-likeness (QED) is 0.802. The molecule has 0 fully saturated rings. The zero-order chi connectivity index (χ0) is 12.2. The highest BCUT2D eigenvalue weighted by atomic mass is 16.5. The number of nitrogens with two attached hydrogens (primary N) is 1. The van der Waals surface area contributed by atoms with Gasteiger partial charge in [0.25, 0.3) is 0 Å². The first-order valence-electron chi connectivity index (χ1n) is 5.67. The number of nitrogens with zero attached hydrogens (tertiary/aromatic N) is 2. The summed E-state index contributed by atoms with van der Waals surface area (Å²) in [6.07, 6.45) is 1.98. The molecule has 0 spiro atoms. The molecule has 0 aliphatic rings. The van der Waals surface area contributed by atoms with Crippen molar-refractivity contribution in [3.05, 3.63) is 11.7 Å². The molecule has 5 nitrogen and oxygen atoms in total. The molecule has 92 valence electrons. The van der Waals surface area contributed by atoms with E-state index < -0.39 is 5.54 Å². The van der Waals surface area contributed by atoms with E-state index in [1.54, 1.807) is 7.11 Å². The van der Waals surface area contributed by atoms with Gasteiger partial charge in [-0.15, -0.1) is 0 Å². The Labute approximate surface area is 96.4 Å². The van der Waals surface area contributed by atoms with Crippen LogP contribution in [0.3, 0.4) is 0 Å². The summed E-state index contributed by atoms with van der Waals surface area (Å²) in [5.74, 6) is 1.50. The van der Waals surface area contributed by atoms with Gasteiger partial charge >= 0.3 is 0 Å². The maximum absolute atomic E-state index is 6.03. The summed E-state index contributed by atoms with van der Waals surface area (Å²) in [6, 6.07) is 0. The third-order valence-electron chi connectivity index (χ3n) is 2.73. The molecule has 1 aromatic rings. The van der Waals surface area contributed by atoms with Crippen molar-refractivity contribution in [1.29, 1.82) is 0 Å². The molecular weight excluding hydrogens is 206 g/mol. The fourth-order valence-corrected chi connectivity index (χ4v) is 1.64. The van der Waals surface area contributed by atoms with Crippen LogP contribution in [0.2, 0.25) is 0 Å². The minimum Gasteiger partial charge on any atom is -0.382 e. The number of aromatic nitrogens is 2. The van der Waals surface area contributed by atoms with Crippen molar-refractivity contribution in [2.45, 2.75) is 45.1 Å². The van der Waals surface area contributed by atoms with Crippen molar-refractivity contribution in [2.24, 2.45) is 5.73 Å². The van der Waals surface area contributed by atoms with Crippen LogP contribution in [-0.2, 0) is 10.3 Å². The molecule has 1 heterocycles. The second-order valence-electron chi connectivity index (χ2n) is 4.32. The van der Waals surface area contributed by atoms with Crippen LogP contribution < -0.4 is 5.73 Å². The monoisotopic (exact) mass is 227 g/mol. The first-order chi connectivity index (χ1) is 7.55. The number of ether oxygens (including phenoxy) is 1. The molecule has 0 saturated carbocycles. The Morgan fingerprint density at radius 2 is 2.06 bits per heavy atom. The predicted octanol–water partition coefficient (Wildman–Crippen LogP) is 1.79. The largest absolute Gasteiger partial charge is 0.382 e. The predicted molar refractivity (Wildman–Crippen MR) is 61.0 cm³/mol. The normalized spacial score (nSPS) is 15.4. The van der Waals surface area contributed by atoms with Crippen LogP contribution in [0.25, 0.3) is 0 Å². The van der Waals surface area contributed by atoms with E-state index in [-0.39, 0.29) is 0 Å². The molecule has 16 heavy (non-hydrogen) atoms. The zero-order valence-corrected chi connectivity index (χ0v) is 10.5. The highest BCUT2D eigenvalue weighted by Gasteiger charge is 2.28. The van der Waals surface area contributed by atoms with E-state index in [0.29, 0.717) is 24.2 Å². The Kier molecular flexibility index (Phi) is 4.44. The van der Waals surface area contributed by atoms with Gasteiger partial charge in [-0.2, -0.15) is 4.98 Å². The number of hydrogen-bond donors (Lipinski definition) is 1. The number of methoxy groups -OCH3 is 1. The van der Waals surface area contributed by atoms with E-state index in [0.717, 1.165) is 12.8 Å². The Bertz CT molecular complexity index is 319. The van der Waals surface area contributed by atoms with E-state index in [1.165, 1.54) is 0 Å². The lowest BCUT2D eigenvalue weighted by atomic mass is 10.0. The highest BCUT2D eigenvalue weighted by molar-refractivity contribution is 5.03. The topological polar surface area (TPSA) is 74.2 Å². The van der Waals surface area contributed by atoms with Crippen LogP contribution in [0.15, 0.2) is 4.52 Å². The van der Waals surface area contributed by atoms with E-state index in [4.69, 9.17) is 15.0 Å². The molecule has 5 heteroatoms. The Morgan fingerprint density at radius 3 is 2.56 bits per heavy atom. The second-order valence-corrected chi connectivity index (χ2v) is 4.32. The molecule has 1 aromatic heterocycles. The van der Waals surface area contributed by atoms with Gasteiger partial charge in [0.05, 0.1) is 6.61 Å². The molecule has 1 rings (SSSR count). The van der Waals surface area contributed by atoms with Gasteiger partial charge in [-0.1, -0.05) is 19.0 Å². The average Bonchev–Trinajstić information content (AvgIpc) is 2.69. The lowest BCUT2D eigenvalue weighted by Crippen LogP contribution is -2.39. The molecule has 0 radical (unpaired) electrons. The number of hydrogen-bond acceptors (Lipinski definition) is 5. The SMILES string of the molecule is CCC(CC)c1nc(C(C)(N)COC)no1. The van der Waals surface area contributed by atoms with Gasteiger partial charge in [0.1, 0.15) is 5.54 Å². The molecule has 1 unspecified atom stereocenters. The van der Waals surface area contributed by atoms with Crippen LogP contribution >= 0.6 is 0 Å². The van der Waals surface area contributed by atoms with E-state index in [9.17, 15) is 0 Å². The minimum absolute atomic E-state index is 0.319. The molecule has 2 N–H and O–H groups in total. The lowest BCUT2D eigenvalue weighted by molar-refractivity contribution is 0.135. The van der Waals surface area contributed by atoms with Gasteiger partial charge in [-0.25, -0.2) is 0 Å². The zero-order valence-electron chi connectivity index (χ0n) is 10.5. The summed E-state index contributed by atoms with van der Waals surface area (Å²) in [6.45, 7) is 6.41. The van der Waals surface area contributed by atoms with Crippen LogP contribution in [0.1, 0.15) is 51.2 Å². The lowest BCUT2D eigenvalue weighted by Gasteiger charge is -2.18. The van der Waals surface area contributed by atoms with Gasteiger partial charge in [-0.3, -0.25) is 0 Å². The van der Waals surface area contributed by atoms with Gasteiger partial charge in [0.2, 0.25) is 5.89 Å². The van der Waals surface area contributed by atoms with Crippen molar-refractivity contribution in [3.63, 3.8) is 0 Å². The molecule has 0 aromatic carbocycles. The maximum Gasteiger partial charge on any atom is 0.229 e. The Morgan fingerprint density at radius 1 is 1.44 bits per heavy atom.